The maximum Gasteiger partial charge on any atom is 0.0231 e. The molecule has 2 aliphatic heterocycles. The molecule has 2 fully saturated rings. The third kappa shape index (κ3) is 2.50. The van der Waals surface area contributed by atoms with Crippen molar-refractivity contribution in [3.63, 3.8) is 0 Å². The second kappa shape index (κ2) is 5.40. The fourth-order valence-electron chi connectivity index (χ4n) is 2.60. The highest BCUT2D eigenvalue weighted by Gasteiger charge is 2.38. The van der Waals surface area contributed by atoms with Gasteiger partial charge in [0, 0.05) is 5.54 Å². The molecule has 0 amide bonds. The summed E-state index contributed by atoms with van der Waals surface area (Å²) < 4.78 is 0. The molecule has 0 unspecified atom stereocenters. The van der Waals surface area contributed by atoms with Crippen LogP contribution in [-0.4, -0.2) is 37.1 Å². The van der Waals surface area contributed by atoms with E-state index in [9.17, 15) is 0 Å². The van der Waals surface area contributed by atoms with Crippen LogP contribution in [0.15, 0.2) is 0 Å². The molecule has 0 saturated carbocycles. The van der Waals surface area contributed by atoms with E-state index < -0.39 is 0 Å². The smallest absolute Gasteiger partial charge is 0.0231 e. The number of likely N-dealkylation sites (tertiary alicyclic amines) is 1. The minimum absolute atomic E-state index is 0. The molecule has 1 N–H and O–H groups in total. The van der Waals surface area contributed by atoms with Gasteiger partial charge in [-0.2, -0.15) is 0 Å². The molecule has 2 aliphatic rings. The maximum atomic E-state index is 3.43. The lowest BCUT2D eigenvalue weighted by molar-refractivity contribution is 0.128. The van der Waals surface area contributed by atoms with Crippen molar-refractivity contribution in [2.24, 2.45) is 0 Å². The van der Waals surface area contributed by atoms with Crippen molar-refractivity contribution < 1.29 is 0 Å². The molecule has 2 saturated heterocycles. The Hall–Kier alpha value is 0.500. The highest BCUT2D eigenvalue weighted by Crippen LogP contribution is 2.34. The van der Waals surface area contributed by atoms with E-state index >= 15 is 0 Å². The number of piperidine rings is 1. The van der Waals surface area contributed by atoms with Gasteiger partial charge >= 0.3 is 0 Å². The average molecular weight is 227 g/mol. The summed E-state index contributed by atoms with van der Waals surface area (Å²) in [6, 6.07) is 0. The van der Waals surface area contributed by atoms with Crippen molar-refractivity contribution in [1.82, 2.24) is 10.2 Å². The van der Waals surface area contributed by atoms with Gasteiger partial charge in [0.15, 0.2) is 0 Å². The summed E-state index contributed by atoms with van der Waals surface area (Å²) in [6.07, 6.45) is 5.58. The first-order valence-corrected chi connectivity index (χ1v) is 4.75. The summed E-state index contributed by atoms with van der Waals surface area (Å²) in [5.41, 5.74) is 0.602. The quantitative estimate of drug-likeness (QED) is 0.677. The Morgan fingerprint density at radius 2 is 1.69 bits per heavy atom. The van der Waals surface area contributed by atoms with Crippen molar-refractivity contribution >= 4 is 24.8 Å². The minimum atomic E-state index is 0. The van der Waals surface area contributed by atoms with Gasteiger partial charge in [-0.3, -0.25) is 0 Å². The van der Waals surface area contributed by atoms with Gasteiger partial charge in [-0.25, -0.2) is 0 Å². The lowest BCUT2D eigenvalue weighted by Gasteiger charge is -2.39. The largest absolute Gasteiger partial charge is 0.317 e. The zero-order valence-electron chi connectivity index (χ0n) is 8.21. The summed E-state index contributed by atoms with van der Waals surface area (Å²) in [7, 11) is 2.29. The Balaban J connectivity index is 0.000000720. The van der Waals surface area contributed by atoms with E-state index in [1.54, 1.807) is 0 Å². The van der Waals surface area contributed by atoms with Crippen LogP contribution in [0.3, 0.4) is 0 Å². The third-order valence-electron chi connectivity index (χ3n) is 3.48. The minimum Gasteiger partial charge on any atom is -0.317 e. The Labute approximate surface area is 93.3 Å². The molecular formula is C9H20Cl2N2. The summed E-state index contributed by atoms with van der Waals surface area (Å²) in [5, 5.41) is 3.43. The normalized spacial score (nSPS) is 26.5. The molecule has 0 aromatic heterocycles. The van der Waals surface area contributed by atoms with Crippen molar-refractivity contribution in [3.8, 4) is 0 Å². The molecule has 0 aromatic carbocycles. The van der Waals surface area contributed by atoms with E-state index in [-0.39, 0.29) is 24.8 Å². The first kappa shape index (κ1) is 13.5. The van der Waals surface area contributed by atoms with Crippen molar-refractivity contribution in [3.05, 3.63) is 0 Å². The van der Waals surface area contributed by atoms with E-state index in [1.165, 1.54) is 45.3 Å². The van der Waals surface area contributed by atoms with Crippen LogP contribution in [-0.2, 0) is 0 Å². The van der Waals surface area contributed by atoms with E-state index in [0.29, 0.717) is 5.54 Å². The van der Waals surface area contributed by atoms with Gasteiger partial charge in [-0.1, -0.05) is 0 Å². The predicted octanol–water partition coefficient (Wildman–Crippen LogP) is 1.68. The number of hydrogen-bond acceptors (Lipinski definition) is 2. The molecule has 2 nitrogen and oxygen atoms in total. The Bertz CT molecular complexity index is 147. The van der Waals surface area contributed by atoms with Gasteiger partial charge in [-0.15, -0.1) is 24.8 Å². The van der Waals surface area contributed by atoms with E-state index in [2.05, 4.69) is 17.3 Å². The lowest BCUT2D eigenvalue weighted by Crippen LogP contribution is -2.49. The third-order valence-corrected chi connectivity index (χ3v) is 3.48. The topological polar surface area (TPSA) is 15.3 Å². The molecule has 0 aromatic rings. The van der Waals surface area contributed by atoms with Gasteiger partial charge in [0.05, 0.1) is 0 Å². The van der Waals surface area contributed by atoms with Gasteiger partial charge in [0.1, 0.15) is 0 Å². The van der Waals surface area contributed by atoms with Gasteiger partial charge in [-0.05, 0) is 52.4 Å². The number of rotatable bonds is 0. The van der Waals surface area contributed by atoms with Crippen LogP contribution in [0.4, 0.5) is 0 Å². The van der Waals surface area contributed by atoms with Crippen LogP contribution < -0.4 is 5.32 Å². The fraction of sp³-hybridized carbons (Fsp3) is 1.00. The monoisotopic (exact) mass is 226 g/mol. The summed E-state index contributed by atoms with van der Waals surface area (Å²) in [5.74, 6) is 0. The second-order valence-corrected chi connectivity index (χ2v) is 4.00. The number of halogens is 2. The average Bonchev–Trinajstić information content (AvgIpc) is 2.36. The first-order valence-electron chi connectivity index (χ1n) is 4.75. The van der Waals surface area contributed by atoms with Crippen LogP contribution in [0.1, 0.15) is 25.7 Å². The first-order chi connectivity index (χ1) is 5.33. The highest BCUT2D eigenvalue weighted by atomic mass is 35.5. The molecular weight excluding hydrogens is 207 g/mol. The van der Waals surface area contributed by atoms with E-state index in [4.69, 9.17) is 0 Å². The van der Waals surface area contributed by atoms with Crippen LogP contribution in [0.25, 0.3) is 0 Å². The molecule has 0 radical (unpaired) electrons. The number of hydrogen-bond donors (Lipinski definition) is 1. The van der Waals surface area contributed by atoms with Crippen molar-refractivity contribution in [1.29, 1.82) is 0 Å². The molecule has 2 heterocycles. The van der Waals surface area contributed by atoms with E-state index in [1.807, 2.05) is 0 Å². The van der Waals surface area contributed by atoms with Gasteiger partial charge in [0.2, 0.25) is 0 Å². The Morgan fingerprint density at radius 3 is 2.15 bits per heavy atom. The van der Waals surface area contributed by atoms with Crippen molar-refractivity contribution in [2.45, 2.75) is 31.2 Å². The number of nitrogens with one attached hydrogen (secondary N) is 1. The predicted molar refractivity (Wildman–Crippen MR) is 61.2 cm³/mol. The molecule has 0 aliphatic carbocycles. The maximum absolute atomic E-state index is 3.43. The van der Waals surface area contributed by atoms with Gasteiger partial charge < -0.3 is 10.2 Å². The molecule has 4 heteroatoms. The molecule has 2 rings (SSSR count). The summed E-state index contributed by atoms with van der Waals surface area (Å²) in [6.45, 7) is 3.77. The molecule has 1 spiro atoms. The van der Waals surface area contributed by atoms with Crippen LogP contribution in [0.2, 0.25) is 0 Å². The molecule has 80 valence electrons. The van der Waals surface area contributed by atoms with Crippen molar-refractivity contribution in [2.75, 3.05) is 26.7 Å². The van der Waals surface area contributed by atoms with Crippen LogP contribution in [0, 0.1) is 0 Å². The molecule has 13 heavy (non-hydrogen) atoms. The zero-order valence-corrected chi connectivity index (χ0v) is 9.85. The Kier molecular flexibility index (Phi) is 5.61. The lowest BCUT2D eigenvalue weighted by atomic mass is 9.86. The highest BCUT2D eigenvalue weighted by molar-refractivity contribution is 5.85. The fourth-order valence-corrected chi connectivity index (χ4v) is 2.60. The van der Waals surface area contributed by atoms with Gasteiger partial charge in [0.25, 0.3) is 0 Å². The number of nitrogens with zero attached hydrogens (tertiary/aromatic N) is 1. The molecule has 0 bridgehead atoms. The molecule has 0 atom stereocenters. The zero-order chi connectivity index (χ0) is 7.73. The second-order valence-electron chi connectivity index (χ2n) is 4.00. The van der Waals surface area contributed by atoms with Crippen LogP contribution in [0.5, 0.6) is 0 Å². The summed E-state index contributed by atoms with van der Waals surface area (Å²) in [4.78, 5) is 2.58. The summed E-state index contributed by atoms with van der Waals surface area (Å²) >= 11 is 0. The van der Waals surface area contributed by atoms with E-state index in [0.717, 1.165) is 0 Å². The standard InChI is InChI=1S/C9H18N2.2ClH/c1-11-8-2-3-9(11)4-6-10-7-5-9;;/h10H,2-8H2,1H3;2*1H. The SMILES string of the molecule is CN1CCCC12CCNCC2.Cl.Cl. The Morgan fingerprint density at radius 1 is 1.08 bits per heavy atom. The van der Waals surface area contributed by atoms with Crippen LogP contribution >= 0.6 is 24.8 Å².